The zero-order valence-electron chi connectivity index (χ0n) is 16.3. The Bertz CT molecular complexity index is 1050. The summed E-state index contributed by atoms with van der Waals surface area (Å²) in [6.07, 6.45) is 3.04. The van der Waals surface area contributed by atoms with E-state index in [1.54, 1.807) is 23.1 Å². The number of halogens is 1. The third-order valence-corrected chi connectivity index (χ3v) is 4.98. The first-order chi connectivity index (χ1) is 14.6. The standard InChI is InChI=1S/C22H21FN4O3/c23-16-4-3-5-17(14-16)24-20(28)15-26-10-12-27(13-11-26)22(29)9-8-21-25-18-6-1-2-7-19(18)30-21/h1-9,14H,10-13,15H2,(H,24,28)/p+1/b9-8+. The van der Waals surface area contributed by atoms with E-state index in [2.05, 4.69) is 10.3 Å². The highest BCUT2D eigenvalue weighted by molar-refractivity contribution is 5.92. The Morgan fingerprint density at radius 2 is 1.97 bits per heavy atom. The normalized spacial score (nSPS) is 15.0. The highest BCUT2D eigenvalue weighted by Gasteiger charge is 2.24. The van der Waals surface area contributed by atoms with Crippen LogP contribution in [-0.2, 0) is 9.59 Å². The predicted octanol–water partition coefficient (Wildman–Crippen LogP) is 1.35. The summed E-state index contributed by atoms with van der Waals surface area (Å²) >= 11 is 0. The van der Waals surface area contributed by atoms with Crippen molar-refractivity contribution in [3.05, 3.63) is 66.3 Å². The van der Waals surface area contributed by atoms with Gasteiger partial charge in [-0.25, -0.2) is 9.37 Å². The van der Waals surface area contributed by atoms with Crippen LogP contribution in [0.15, 0.2) is 59.0 Å². The van der Waals surface area contributed by atoms with Crippen molar-refractivity contribution < 1.29 is 23.3 Å². The average molecular weight is 409 g/mol. The van der Waals surface area contributed by atoms with Crippen molar-refractivity contribution in [2.75, 3.05) is 38.0 Å². The summed E-state index contributed by atoms with van der Waals surface area (Å²) in [6, 6.07) is 13.2. The topological polar surface area (TPSA) is 79.9 Å². The molecular weight excluding hydrogens is 387 g/mol. The molecule has 0 aliphatic carbocycles. The summed E-state index contributed by atoms with van der Waals surface area (Å²) in [6.45, 7) is 2.72. The van der Waals surface area contributed by atoms with Gasteiger partial charge in [-0.2, -0.15) is 0 Å². The van der Waals surface area contributed by atoms with Crippen molar-refractivity contribution in [1.82, 2.24) is 9.88 Å². The molecule has 1 saturated heterocycles. The number of piperazine rings is 1. The van der Waals surface area contributed by atoms with Crippen LogP contribution in [0.2, 0.25) is 0 Å². The number of aromatic nitrogens is 1. The van der Waals surface area contributed by atoms with E-state index in [1.807, 2.05) is 24.3 Å². The molecule has 0 radical (unpaired) electrons. The maximum absolute atomic E-state index is 13.2. The van der Waals surface area contributed by atoms with Crippen LogP contribution in [0.4, 0.5) is 10.1 Å². The minimum atomic E-state index is -0.391. The third kappa shape index (κ3) is 4.90. The minimum absolute atomic E-state index is 0.111. The van der Waals surface area contributed by atoms with Crippen LogP contribution < -0.4 is 10.2 Å². The van der Waals surface area contributed by atoms with Crippen molar-refractivity contribution >= 4 is 34.7 Å². The molecule has 0 atom stereocenters. The molecule has 2 heterocycles. The van der Waals surface area contributed by atoms with Crippen molar-refractivity contribution in [3.63, 3.8) is 0 Å². The van der Waals surface area contributed by atoms with Crippen LogP contribution in [0.25, 0.3) is 17.2 Å². The number of fused-ring (bicyclic) bond motifs is 1. The van der Waals surface area contributed by atoms with Gasteiger partial charge in [0.2, 0.25) is 11.8 Å². The molecule has 30 heavy (non-hydrogen) atoms. The number of benzene rings is 2. The largest absolute Gasteiger partial charge is 0.437 e. The third-order valence-electron chi connectivity index (χ3n) is 4.98. The second-order valence-electron chi connectivity index (χ2n) is 7.16. The average Bonchev–Trinajstić information content (AvgIpc) is 3.15. The zero-order valence-corrected chi connectivity index (χ0v) is 16.3. The predicted molar refractivity (Wildman–Crippen MR) is 110 cm³/mol. The smallest absolute Gasteiger partial charge is 0.279 e. The molecular formula is C22H22FN4O3+. The molecule has 8 heteroatoms. The van der Waals surface area contributed by atoms with Gasteiger partial charge in [0.15, 0.2) is 12.1 Å². The van der Waals surface area contributed by atoms with Crippen molar-refractivity contribution in [3.8, 4) is 0 Å². The fourth-order valence-corrected chi connectivity index (χ4v) is 3.43. The highest BCUT2D eigenvalue weighted by atomic mass is 19.1. The van der Waals surface area contributed by atoms with Crippen molar-refractivity contribution in [2.45, 2.75) is 0 Å². The van der Waals surface area contributed by atoms with Gasteiger partial charge in [-0.15, -0.1) is 0 Å². The Balaban J connectivity index is 1.25. The van der Waals surface area contributed by atoms with E-state index >= 15 is 0 Å². The molecule has 0 bridgehead atoms. The second kappa shape index (κ2) is 8.87. The van der Waals surface area contributed by atoms with Gasteiger partial charge < -0.3 is 19.5 Å². The van der Waals surface area contributed by atoms with E-state index < -0.39 is 5.82 Å². The molecule has 4 rings (SSSR count). The van der Waals surface area contributed by atoms with Gasteiger partial charge in [0.1, 0.15) is 11.3 Å². The van der Waals surface area contributed by atoms with E-state index in [1.165, 1.54) is 18.2 Å². The van der Waals surface area contributed by atoms with Gasteiger partial charge in [-0.3, -0.25) is 9.59 Å². The fraction of sp³-hybridized carbons (Fsp3) is 0.227. The molecule has 1 aliphatic heterocycles. The number of hydrogen-bond donors (Lipinski definition) is 2. The van der Waals surface area contributed by atoms with Crippen LogP contribution in [0, 0.1) is 5.82 Å². The number of quaternary nitrogens is 1. The molecule has 1 aromatic heterocycles. The lowest BCUT2D eigenvalue weighted by Gasteiger charge is -2.31. The first-order valence-electron chi connectivity index (χ1n) is 9.78. The number of carbonyl (C=O) groups excluding carboxylic acids is 2. The molecule has 1 aliphatic rings. The second-order valence-corrected chi connectivity index (χ2v) is 7.16. The van der Waals surface area contributed by atoms with E-state index in [4.69, 9.17) is 4.42 Å². The lowest BCUT2D eigenvalue weighted by Crippen LogP contribution is -3.15. The monoisotopic (exact) mass is 409 g/mol. The van der Waals surface area contributed by atoms with Gasteiger partial charge in [-0.05, 0) is 30.3 Å². The summed E-state index contributed by atoms with van der Waals surface area (Å²) in [5.41, 5.74) is 1.87. The number of carbonyl (C=O) groups is 2. The summed E-state index contributed by atoms with van der Waals surface area (Å²) in [4.78, 5) is 31.8. The summed E-state index contributed by atoms with van der Waals surface area (Å²) in [7, 11) is 0. The highest BCUT2D eigenvalue weighted by Crippen LogP contribution is 2.15. The Kier molecular flexibility index (Phi) is 5.85. The summed E-state index contributed by atoms with van der Waals surface area (Å²) in [5.74, 6) is -0.284. The van der Waals surface area contributed by atoms with Gasteiger partial charge in [0, 0.05) is 17.8 Å². The van der Waals surface area contributed by atoms with Crippen LogP contribution in [0.1, 0.15) is 5.89 Å². The number of oxazole rings is 1. The first kappa shape index (κ1) is 19.8. The molecule has 0 unspecified atom stereocenters. The number of para-hydroxylation sites is 2. The van der Waals surface area contributed by atoms with E-state index in [-0.39, 0.29) is 18.4 Å². The maximum Gasteiger partial charge on any atom is 0.279 e. The summed E-state index contributed by atoms with van der Waals surface area (Å²) < 4.78 is 18.8. The van der Waals surface area contributed by atoms with Crippen LogP contribution in [0.5, 0.6) is 0 Å². The maximum atomic E-state index is 13.2. The molecule has 0 saturated carbocycles. The van der Waals surface area contributed by atoms with Gasteiger partial charge in [-0.1, -0.05) is 18.2 Å². The molecule has 2 N–H and O–H groups in total. The van der Waals surface area contributed by atoms with Crippen LogP contribution in [-0.4, -0.2) is 54.4 Å². The molecule has 0 spiro atoms. The minimum Gasteiger partial charge on any atom is -0.437 e. The van der Waals surface area contributed by atoms with E-state index in [0.29, 0.717) is 43.3 Å². The zero-order chi connectivity index (χ0) is 20.9. The number of nitrogens with zero attached hydrogens (tertiary/aromatic N) is 2. The molecule has 154 valence electrons. The number of rotatable bonds is 5. The molecule has 2 aromatic carbocycles. The van der Waals surface area contributed by atoms with Crippen LogP contribution in [0.3, 0.4) is 0 Å². The fourth-order valence-electron chi connectivity index (χ4n) is 3.43. The van der Waals surface area contributed by atoms with Crippen molar-refractivity contribution in [2.24, 2.45) is 0 Å². The van der Waals surface area contributed by atoms with E-state index in [0.717, 1.165) is 10.4 Å². The van der Waals surface area contributed by atoms with Crippen molar-refractivity contribution in [1.29, 1.82) is 0 Å². The SMILES string of the molecule is O=C(C[NH+]1CCN(C(=O)/C=C/c2nc3ccccc3o2)CC1)Nc1cccc(F)c1. The Morgan fingerprint density at radius 1 is 1.17 bits per heavy atom. The lowest BCUT2D eigenvalue weighted by molar-refractivity contribution is -0.895. The molecule has 1 fully saturated rings. The number of hydrogen-bond acceptors (Lipinski definition) is 4. The van der Waals surface area contributed by atoms with Gasteiger partial charge in [0.25, 0.3) is 5.91 Å². The Hall–Kier alpha value is -3.52. The number of anilines is 1. The van der Waals surface area contributed by atoms with Gasteiger partial charge in [0.05, 0.1) is 26.2 Å². The first-order valence-corrected chi connectivity index (χ1v) is 9.78. The van der Waals surface area contributed by atoms with Gasteiger partial charge >= 0.3 is 0 Å². The number of nitrogens with one attached hydrogen (secondary N) is 2. The van der Waals surface area contributed by atoms with E-state index in [9.17, 15) is 14.0 Å². The summed E-state index contributed by atoms with van der Waals surface area (Å²) in [5, 5.41) is 2.70. The molecule has 7 nitrogen and oxygen atoms in total. The number of amides is 2. The Labute approximate surface area is 172 Å². The van der Waals surface area contributed by atoms with Crippen LogP contribution >= 0.6 is 0 Å². The molecule has 3 aromatic rings. The lowest BCUT2D eigenvalue weighted by atomic mass is 10.2. The Morgan fingerprint density at radius 3 is 2.73 bits per heavy atom. The quantitative estimate of drug-likeness (QED) is 0.624. The molecule has 2 amide bonds.